The van der Waals surface area contributed by atoms with Crippen LogP contribution in [0.1, 0.15) is 38.3 Å². The lowest BCUT2D eigenvalue weighted by Gasteiger charge is -2.30. The quantitative estimate of drug-likeness (QED) is 0.619. The second-order valence-electron chi connectivity index (χ2n) is 9.76. The minimum atomic E-state index is -4.39. The highest BCUT2D eigenvalue weighted by Crippen LogP contribution is 2.29. The summed E-state index contributed by atoms with van der Waals surface area (Å²) in [6.45, 7) is 4.05. The summed E-state index contributed by atoms with van der Waals surface area (Å²) in [7, 11) is 0. The molecule has 2 aromatic rings. The van der Waals surface area contributed by atoms with E-state index in [1.165, 1.54) is 4.90 Å². The van der Waals surface area contributed by atoms with E-state index in [9.17, 15) is 22.8 Å². The summed E-state index contributed by atoms with van der Waals surface area (Å²) in [5.41, 5.74) is 1.41. The standard InChI is InChI=1S/C26H32F3N3O3/c1-25(2,3)35-24(34)31-21(15-18-9-5-4-6-10-18)23(33)30-20-14-13-19-11-7-8-12-22(19)32(16-20)17-26(27,28)29/h4-12,20-21H,13-17H2,1-3H3,(H,30,33)(H,31,34). The molecule has 1 heterocycles. The molecule has 1 aliphatic rings. The predicted octanol–water partition coefficient (Wildman–Crippen LogP) is 4.62. The fraction of sp³-hybridized carbons (Fsp3) is 0.462. The van der Waals surface area contributed by atoms with Gasteiger partial charge in [-0.3, -0.25) is 4.79 Å². The van der Waals surface area contributed by atoms with Crippen molar-refractivity contribution in [1.82, 2.24) is 10.6 Å². The van der Waals surface area contributed by atoms with Crippen LogP contribution in [-0.2, 0) is 22.4 Å². The largest absolute Gasteiger partial charge is 0.444 e. The first-order chi connectivity index (χ1) is 16.4. The maximum absolute atomic E-state index is 13.3. The number of nitrogens with one attached hydrogen (secondary N) is 2. The van der Waals surface area contributed by atoms with Crippen LogP contribution in [0.3, 0.4) is 0 Å². The number of carbonyl (C=O) groups excluding carboxylic acids is 2. The Labute approximate surface area is 203 Å². The van der Waals surface area contributed by atoms with E-state index in [1.54, 1.807) is 39.0 Å². The minimum Gasteiger partial charge on any atom is -0.444 e. The Kier molecular flexibility index (Phi) is 8.30. The average molecular weight is 492 g/mol. The van der Waals surface area contributed by atoms with Gasteiger partial charge in [-0.2, -0.15) is 13.2 Å². The van der Waals surface area contributed by atoms with E-state index in [0.29, 0.717) is 18.5 Å². The number of halogens is 3. The Morgan fingerprint density at radius 3 is 2.37 bits per heavy atom. The van der Waals surface area contributed by atoms with Crippen molar-refractivity contribution in [2.75, 3.05) is 18.0 Å². The Balaban J connectivity index is 1.76. The molecular weight excluding hydrogens is 459 g/mol. The maximum atomic E-state index is 13.3. The molecule has 190 valence electrons. The van der Waals surface area contributed by atoms with Crippen LogP contribution < -0.4 is 15.5 Å². The Hall–Kier alpha value is -3.23. The molecule has 6 nitrogen and oxygen atoms in total. The van der Waals surface area contributed by atoms with Crippen LogP contribution in [0.5, 0.6) is 0 Å². The second-order valence-corrected chi connectivity index (χ2v) is 9.76. The van der Waals surface area contributed by atoms with Gasteiger partial charge in [0.05, 0.1) is 0 Å². The number of carbonyl (C=O) groups is 2. The van der Waals surface area contributed by atoms with E-state index >= 15 is 0 Å². The summed E-state index contributed by atoms with van der Waals surface area (Å²) in [4.78, 5) is 27.0. The molecule has 2 N–H and O–H groups in total. The van der Waals surface area contributed by atoms with Gasteiger partial charge in [-0.1, -0.05) is 48.5 Å². The summed E-state index contributed by atoms with van der Waals surface area (Å²) in [5.74, 6) is -0.470. The zero-order chi connectivity index (χ0) is 25.6. The molecule has 2 amide bonds. The highest BCUT2D eigenvalue weighted by Gasteiger charge is 2.35. The molecule has 0 saturated heterocycles. The van der Waals surface area contributed by atoms with Crippen LogP contribution in [0.15, 0.2) is 54.6 Å². The highest BCUT2D eigenvalue weighted by molar-refractivity contribution is 5.86. The molecule has 0 saturated carbocycles. The van der Waals surface area contributed by atoms with Crippen LogP contribution >= 0.6 is 0 Å². The lowest BCUT2D eigenvalue weighted by Crippen LogP contribution is -2.54. The van der Waals surface area contributed by atoms with E-state index in [0.717, 1.165) is 11.1 Å². The van der Waals surface area contributed by atoms with Crippen LogP contribution in [0.2, 0.25) is 0 Å². The number of alkyl carbamates (subject to hydrolysis) is 1. The zero-order valence-electron chi connectivity index (χ0n) is 20.2. The van der Waals surface area contributed by atoms with Gasteiger partial charge in [0.15, 0.2) is 0 Å². The molecule has 0 fully saturated rings. The molecule has 1 aliphatic heterocycles. The van der Waals surface area contributed by atoms with Gasteiger partial charge in [-0.05, 0) is 50.8 Å². The van der Waals surface area contributed by atoms with Crippen molar-refractivity contribution in [2.45, 2.75) is 63.9 Å². The lowest BCUT2D eigenvalue weighted by atomic mass is 10.0. The van der Waals surface area contributed by atoms with Crippen LogP contribution in [-0.4, -0.2) is 49.0 Å². The third kappa shape index (κ3) is 8.49. The number of benzene rings is 2. The number of anilines is 1. The number of ether oxygens (including phenoxy) is 1. The summed E-state index contributed by atoms with van der Waals surface area (Å²) in [6.07, 6.45) is -3.91. The third-order valence-corrected chi connectivity index (χ3v) is 5.54. The van der Waals surface area contributed by atoms with E-state index in [1.807, 2.05) is 36.4 Å². The van der Waals surface area contributed by atoms with Gasteiger partial charge in [0.2, 0.25) is 5.91 Å². The van der Waals surface area contributed by atoms with E-state index < -0.39 is 42.4 Å². The zero-order valence-corrected chi connectivity index (χ0v) is 20.2. The lowest BCUT2D eigenvalue weighted by molar-refractivity contribution is -0.124. The molecule has 0 aliphatic carbocycles. The van der Waals surface area contributed by atoms with Crippen LogP contribution in [0, 0.1) is 0 Å². The summed E-state index contributed by atoms with van der Waals surface area (Å²) in [5, 5.41) is 5.51. The van der Waals surface area contributed by atoms with Gasteiger partial charge in [0.1, 0.15) is 18.2 Å². The number of amides is 2. The fourth-order valence-corrected chi connectivity index (χ4v) is 4.11. The number of hydrogen-bond acceptors (Lipinski definition) is 4. The predicted molar refractivity (Wildman–Crippen MR) is 128 cm³/mol. The average Bonchev–Trinajstić information content (AvgIpc) is 2.91. The Morgan fingerprint density at radius 1 is 1.06 bits per heavy atom. The van der Waals surface area contributed by atoms with Gasteiger partial charge in [-0.15, -0.1) is 0 Å². The number of hydrogen-bond donors (Lipinski definition) is 2. The van der Waals surface area contributed by atoms with E-state index in [2.05, 4.69) is 10.6 Å². The first kappa shape index (κ1) is 26.4. The van der Waals surface area contributed by atoms with E-state index in [4.69, 9.17) is 4.74 Å². The molecule has 9 heteroatoms. The maximum Gasteiger partial charge on any atom is 0.408 e. The van der Waals surface area contributed by atoms with Gasteiger partial charge in [0.25, 0.3) is 0 Å². The molecule has 0 aromatic heterocycles. The number of aryl methyl sites for hydroxylation is 1. The highest BCUT2D eigenvalue weighted by atomic mass is 19.4. The molecule has 35 heavy (non-hydrogen) atoms. The second kappa shape index (κ2) is 11.0. The molecule has 2 atom stereocenters. The molecule has 3 rings (SSSR count). The monoisotopic (exact) mass is 491 g/mol. The van der Waals surface area contributed by atoms with Crippen LogP contribution in [0.25, 0.3) is 0 Å². The normalized spacial score (nSPS) is 17.1. The Morgan fingerprint density at radius 2 is 1.71 bits per heavy atom. The van der Waals surface area contributed by atoms with Gasteiger partial charge in [-0.25, -0.2) is 4.79 Å². The topological polar surface area (TPSA) is 70.7 Å². The van der Waals surface area contributed by atoms with Crippen molar-refractivity contribution in [3.05, 3.63) is 65.7 Å². The van der Waals surface area contributed by atoms with Crippen molar-refractivity contribution in [2.24, 2.45) is 0 Å². The van der Waals surface area contributed by atoms with Crippen molar-refractivity contribution >= 4 is 17.7 Å². The summed E-state index contributed by atoms with van der Waals surface area (Å²) >= 11 is 0. The van der Waals surface area contributed by atoms with Crippen LogP contribution in [0.4, 0.5) is 23.7 Å². The van der Waals surface area contributed by atoms with Gasteiger partial charge >= 0.3 is 12.3 Å². The van der Waals surface area contributed by atoms with Crippen molar-refractivity contribution in [3.8, 4) is 0 Å². The SMILES string of the molecule is CC(C)(C)OC(=O)NC(Cc1ccccc1)C(=O)NC1CCc2ccccc2N(CC(F)(F)F)C1. The number of rotatable bonds is 6. The first-order valence-electron chi connectivity index (χ1n) is 11.6. The van der Waals surface area contributed by atoms with Gasteiger partial charge < -0.3 is 20.3 Å². The number of alkyl halides is 3. The number of nitrogens with zero attached hydrogens (tertiary/aromatic N) is 1. The summed E-state index contributed by atoms with van der Waals surface area (Å²) < 4.78 is 45.3. The van der Waals surface area contributed by atoms with Gasteiger partial charge in [0, 0.05) is 24.7 Å². The summed E-state index contributed by atoms with van der Waals surface area (Å²) in [6, 6.07) is 14.7. The van der Waals surface area contributed by atoms with Crippen molar-refractivity contribution in [3.63, 3.8) is 0 Å². The van der Waals surface area contributed by atoms with Crippen molar-refractivity contribution < 1.29 is 27.5 Å². The minimum absolute atomic E-state index is 0.00670. The molecule has 2 unspecified atom stereocenters. The fourth-order valence-electron chi connectivity index (χ4n) is 4.11. The molecular formula is C26H32F3N3O3. The molecule has 0 spiro atoms. The first-order valence-corrected chi connectivity index (χ1v) is 11.6. The van der Waals surface area contributed by atoms with Crippen molar-refractivity contribution in [1.29, 1.82) is 0 Å². The third-order valence-electron chi connectivity index (χ3n) is 5.54. The van der Waals surface area contributed by atoms with E-state index in [-0.39, 0.29) is 13.0 Å². The smallest absolute Gasteiger partial charge is 0.408 e. The Bertz CT molecular complexity index is 1010. The number of para-hydroxylation sites is 1. The molecule has 0 bridgehead atoms. The molecule has 2 aromatic carbocycles. The molecule has 0 radical (unpaired) electrons. The number of fused-ring (bicyclic) bond motifs is 1.